The largest absolute Gasteiger partial charge is 0.383 e. The van der Waals surface area contributed by atoms with Gasteiger partial charge in [0.2, 0.25) is 5.91 Å². The Balaban J connectivity index is 1.55. The summed E-state index contributed by atoms with van der Waals surface area (Å²) in [5.41, 5.74) is 2.25. The highest BCUT2D eigenvalue weighted by atomic mass is 35.5. The van der Waals surface area contributed by atoms with Crippen LogP contribution in [0.25, 0.3) is 0 Å². The monoisotopic (exact) mass is 376 g/mol. The summed E-state index contributed by atoms with van der Waals surface area (Å²) in [5.74, 6) is -0.247. The van der Waals surface area contributed by atoms with Gasteiger partial charge in [-0.05, 0) is 17.7 Å². The lowest BCUT2D eigenvalue weighted by molar-refractivity contribution is -0.121. The van der Waals surface area contributed by atoms with Crippen molar-refractivity contribution in [3.8, 4) is 0 Å². The fraction of sp³-hybridized carbons (Fsp3) is 0.389. The van der Waals surface area contributed by atoms with Crippen molar-refractivity contribution in [3.63, 3.8) is 0 Å². The number of nitrogens with one attached hydrogen (secondary N) is 2. The highest BCUT2D eigenvalue weighted by Crippen LogP contribution is 2.19. The average molecular weight is 377 g/mol. The average Bonchev–Trinajstić information content (AvgIpc) is 3.14. The third-order valence-electron chi connectivity index (χ3n) is 4.24. The number of aromatic nitrogens is 2. The topological polar surface area (TPSA) is 85.2 Å². The molecule has 3 rings (SSSR count). The first-order valence-electron chi connectivity index (χ1n) is 8.42. The lowest BCUT2D eigenvalue weighted by atomic mass is 10.1. The van der Waals surface area contributed by atoms with E-state index in [0.29, 0.717) is 36.7 Å². The maximum absolute atomic E-state index is 12.3. The van der Waals surface area contributed by atoms with Crippen LogP contribution in [-0.4, -0.2) is 47.9 Å². The second kappa shape index (κ2) is 8.33. The summed E-state index contributed by atoms with van der Waals surface area (Å²) in [6, 6.07) is 7.18. The Labute approximate surface area is 156 Å². The molecule has 7 nitrogen and oxygen atoms in total. The van der Waals surface area contributed by atoms with Crippen LogP contribution < -0.4 is 10.6 Å². The van der Waals surface area contributed by atoms with Gasteiger partial charge in [-0.3, -0.25) is 14.3 Å². The van der Waals surface area contributed by atoms with Gasteiger partial charge in [0.25, 0.3) is 5.91 Å². The first kappa shape index (κ1) is 18.4. The van der Waals surface area contributed by atoms with Gasteiger partial charge in [-0.25, -0.2) is 0 Å². The molecule has 1 atom stereocenters. The number of carbonyl (C=O) groups excluding carboxylic acids is 2. The molecule has 8 heteroatoms. The van der Waals surface area contributed by atoms with Gasteiger partial charge in [0.05, 0.1) is 43.1 Å². The van der Waals surface area contributed by atoms with E-state index in [4.69, 9.17) is 16.3 Å². The Hall–Kier alpha value is -2.38. The van der Waals surface area contributed by atoms with Crippen molar-refractivity contribution in [2.45, 2.75) is 25.4 Å². The number of hydrogen-bond donors (Lipinski definition) is 2. The van der Waals surface area contributed by atoms with Crippen molar-refractivity contribution < 1.29 is 14.3 Å². The van der Waals surface area contributed by atoms with E-state index in [1.807, 2.05) is 12.1 Å². The number of carbonyl (C=O) groups is 2. The molecule has 26 heavy (non-hydrogen) atoms. The second-order valence-corrected chi connectivity index (χ2v) is 6.65. The van der Waals surface area contributed by atoms with Gasteiger partial charge in [0, 0.05) is 25.1 Å². The zero-order chi connectivity index (χ0) is 18.5. The number of nitrogens with zero attached hydrogens (tertiary/aromatic N) is 2. The van der Waals surface area contributed by atoms with Gasteiger partial charge < -0.3 is 15.4 Å². The van der Waals surface area contributed by atoms with Gasteiger partial charge in [-0.2, -0.15) is 5.10 Å². The summed E-state index contributed by atoms with van der Waals surface area (Å²) < 4.78 is 6.70. The fourth-order valence-corrected chi connectivity index (χ4v) is 3.26. The SMILES string of the molecule is COCCNC(=O)c1cnn2c1C[C@H](NC(=O)Cc1cccc(Cl)c1)C2. The van der Waals surface area contributed by atoms with Crippen molar-refractivity contribution in [1.82, 2.24) is 20.4 Å². The number of fused-ring (bicyclic) bond motifs is 1. The van der Waals surface area contributed by atoms with Gasteiger partial charge in [0.1, 0.15) is 0 Å². The van der Waals surface area contributed by atoms with Crippen molar-refractivity contribution in [2.75, 3.05) is 20.3 Å². The highest BCUT2D eigenvalue weighted by molar-refractivity contribution is 6.30. The first-order chi connectivity index (χ1) is 12.6. The fourth-order valence-electron chi connectivity index (χ4n) is 3.05. The Bertz CT molecular complexity index is 805. The van der Waals surface area contributed by atoms with Gasteiger partial charge in [-0.15, -0.1) is 0 Å². The Morgan fingerprint density at radius 3 is 3.04 bits per heavy atom. The molecule has 0 aliphatic carbocycles. The molecule has 2 aromatic rings. The summed E-state index contributed by atoms with van der Waals surface area (Å²) >= 11 is 5.95. The Morgan fingerprint density at radius 2 is 2.27 bits per heavy atom. The second-order valence-electron chi connectivity index (χ2n) is 6.21. The molecule has 0 unspecified atom stereocenters. The Morgan fingerprint density at radius 1 is 1.42 bits per heavy atom. The number of methoxy groups -OCH3 is 1. The van der Waals surface area contributed by atoms with Crippen LogP contribution in [0.1, 0.15) is 21.6 Å². The smallest absolute Gasteiger partial charge is 0.254 e. The van der Waals surface area contributed by atoms with Gasteiger partial charge >= 0.3 is 0 Å². The van der Waals surface area contributed by atoms with Crippen LogP contribution in [0.15, 0.2) is 30.5 Å². The van der Waals surface area contributed by atoms with Crippen molar-refractivity contribution in [1.29, 1.82) is 0 Å². The predicted molar refractivity (Wildman–Crippen MR) is 97.2 cm³/mol. The molecule has 1 aromatic carbocycles. The molecule has 0 bridgehead atoms. The molecular formula is C18H21ClN4O3. The van der Waals surface area contributed by atoms with E-state index in [2.05, 4.69) is 15.7 Å². The third-order valence-corrected chi connectivity index (χ3v) is 4.47. The molecule has 0 saturated heterocycles. The van der Waals surface area contributed by atoms with E-state index in [1.54, 1.807) is 30.1 Å². The summed E-state index contributed by atoms with van der Waals surface area (Å²) in [6.45, 7) is 1.46. The van der Waals surface area contributed by atoms with Crippen LogP contribution in [-0.2, 0) is 28.9 Å². The maximum atomic E-state index is 12.3. The van der Waals surface area contributed by atoms with Gasteiger partial charge in [0.15, 0.2) is 0 Å². The number of ether oxygens (including phenoxy) is 1. The minimum Gasteiger partial charge on any atom is -0.383 e. The molecule has 0 radical (unpaired) electrons. The summed E-state index contributed by atoms with van der Waals surface area (Å²) in [7, 11) is 1.58. The Kier molecular flexibility index (Phi) is 5.90. The number of amides is 2. The summed E-state index contributed by atoms with van der Waals surface area (Å²) in [5, 5.41) is 10.7. The summed E-state index contributed by atoms with van der Waals surface area (Å²) in [4.78, 5) is 24.5. The zero-order valence-corrected chi connectivity index (χ0v) is 15.3. The van der Waals surface area contributed by atoms with Crippen LogP contribution in [0.3, 0.4) is 0 Å². The lowest BCUT2D eigenvalue weighted by Gasteiger charge is -2.12. The minimum atomic E-state index is -0.172. The molecule has 0 saturated carbocycles. The van der Waals surface area contributed by atoms with Crippen molar-refractivity contribution >= 4 is 23.4 Å². The third kappa shape index (κ3) is 4.42. The maximum Gasteiger partial charge on any atom is 0.254 e. The van der Waals surface area contributed by atoms with E-state index in [9.17, 15) is 9.59 Å². The normalized spacial score (nSPS) is 15.5. The van der Waals surface area contributed by atoms with Crippen LogP contribution in [0.5, 0.6) is 0 Å². The minimum absolute atomic E-state index is 0.0732. The number of rotatable bonds is 7. The van der Waals surface area contributed by atoms with Gasteiger partial charge in [-0.1, -0.05) is 23.7 Å². The van der Waals surface area contributed by atoms with Crippen LogP contribution in [0, 0.1) is 0 Å². The molecular weight excluding hydrogens is 356 g/mol. The number of benzene rings is 1. The molecule has 2 amide bonds. The van der Waals surface area contributed by atoms with Crippen molar-refractivity contribution in [2.24, 2.45) is 0 Å². The summed E-state index contributed by atoms with van der Waals surface area (Å²) in [6.07, 6.45) is 2.42. The highest BCUT2D eigenvalue weighted by Gasteiger charge is 2.28. The van der Waals surface area contributed by atoms with Crippen molar-refractivity contribution in [3.05, 3.63) is 52.3 Å². The first-order valence-corrected chi connectivity index (χ1v) is 8.80. The molecule has 138 valence electrons. The van der Waals surface area contributed by atoms with E-state index in [-0.39, 0.29) is 24.3 Å². The van der Waals surface area contributed by atoms with E-state index in [1.165, 1.54) is 0 Å². The van der Waals surface area contributed by atoms with E-state index < -0.39 is 0 Å². The molecule has 2 N–H and O–H groups in total. The van der Waals surface area contributed by atoms with Crippen LogP contribution in [0.2, 0.25) is 5.02 Å². The quantitative estimate of drug-likeness (QED) is 0.711. The molecule has 0 spiro atoms. The number of hydrogen-bond acceptors (Lipinski definition) is 4. The number of halogens is 1. The lowest BCUT2D eigenvalue weighted by Crippen LogP contribution is -2.37. The molecule has 1 aromatic heterocycles. The molecule has 0 fully saturated rings. The predicted octanol–water partition coefficient (Wildman–Crippen LogP) is 1.20. The van der Waals surface area contributed by atoms with E-state index in [0.717, 1.165) is 11.3 Å². The van der Waals surface area contributed by atoms with Crippen LogP contribution >= 0.6 is 11.6 Å². The standard InChI is InChI=1S/C18H21ClN4O3/c1-26-6-5-20-18(25)15-10-21-23-11-14(9-16(15)23)22-17(24)8-12-3-2-4-13(19)7-12/h2-4,7,10,14H,5-6,8-9,11H2,1H3,(H,20,25)(H,22,24)/t14-/m0/s1. The van der Waals surface area contributed by atoms with Crippen LogP contribution in [0.4, 0.5) is 0 Å². The molecule has 2 heterocycles. The zero-order valence-electron chi connectivity index (χ0n) is 14.5. The molecule has 1 aliphatic heterocycles. The van der Waals surface area contributed by atoms with E-state index >= 15 is 0 Å². The molecule has 1 aliphatic rings.